The Labute approximate surface area is 130 Å². The van der Waals surface area contributed by atoms with E-state index in [1.165, 1.54) is 0 Å². The van der Waals surface area contributed by atoms with Gasteiger partial charge < -0.3 is 15.1 Å². The summed E-state index contributed by atoms with van der Waals surface area (Å²) in [4.78, 5) is 36.2. The molecule has 120 valence electrons. The Bertz CT molecular complexity index is 518. The number of amides is 2. The number of rotatable bonds is 3. The highest BCUT2D eigenvalue weighted by atomic mass is 16.2. The Morgan fingerprint density at radius 2 is 1.73 bits per heavy atom. The molecule has 0 spiro atoms. The molecule has 2 heterocycles. The van der Waals surface area contributed by atoms with Crippen LogP contribution in [0.2, 0.25) is 0 Å². The van der Waals surface area contributed by atoms with Crippen molar-refractivity contribution in [1.82, 2.24) is 20.2 Å². The number of piperazine rings is 1. The van der Waals surface area contributed by atoms with E-state index >= 15 is 0 Å². The van der Waals surface area contributed by atoms with Crippen molar-refractivity contribution in [1.29, 1.82) is 0 Å². The van der Waals surface area contributed by atoms with E-state index < -0.39 is 5.41 Å². The maximum Gasteiger partial charge on any atom is 0.242 e. The molecule has 22 heavy (non-hydrogen) atoms. The zero-order valence-corrected chi connectivity index (χ0v) is 13.4. The van der Waals surface area contributed by atoms with Gasteiger partial charge in [-0.25, -0.2) is 9.97 Å². The van der Waals surface area contributed by atoms with Gasteiger partial charge in [-0.1, -0.05) is 20.8 Å². The van der Waals surface area contributed by atoms with E-state index in [-0.39, 0.29) is 18.4 Å². The molecule has 2 amide bonds. The molecule has 0 atom stereocenters. The molecule has 1 aliphatic rings. The van der Waals surface area contributed by atoms with Gasteiger partial charge in [0.05, 0.1) is 6.54 Å². The Morgan fingerprint density at radius 3 is 2.27 bits per heavy atom. The minimum atomic E-state index is -0.483. The van der Waals surface area contributed by atoms with Crippen molar-refractivity contribution in [3.63, 3.8) is 0 Å². The van der Waals surface area contributed by atoms with Crippen molar-refractivity contribution >= 4 is 17.8 Å². The molecule has 1 fully saturated rings. The minimum Gasteiger partial charge on any atom is -0.347 e. The Kier molecular flexibility index (Phi) is 4.95. The summed E-state index contributed by atoms with van der Waals surface area (Å²) in [6, 6.07) is 1.78. The van der Waals surface area contributed by atoms with Crippen LogP contribution in [0.1, 0.15) is 20.8 Å². The number of aromatic nitrogens is 2. The van der Waals surface area contributed by atoms with E-state index in [0.717, 1.165) is 0 Å². The number of hydrogen-bond donors (Lipinski definition) is 1. The SMILES string of the molecule is CC(C)(C)C(=O)NCC(=O)N1CCN(c2ncccn2)CC1. The molecule has 2 rings (SSSR count). The Morgan fingerprint density at radius 1 is 1.14 bits per heavy atom. The van der Waals surface area contributed by atoms with Crippen molar-refractivity contribution < 1.29 is 9.59 Å². The summed E-state index contributed by atoms with van der Waals surface area (Å²) in [6.07, 6.45) is 3.42. The third-order valence-electron chi connectivity index (χ3n) is 3.55. The van der Waals surface area contributed by atoms with Gasteiger partial charge in [0.1, 0.15) is 0 Å². The van der Waals surface area contributed by atoms with E-state index in [0.29, 0.717) is 32.1 Å². The maximum absolute atomic E-state index is 12.1. The quantitative estimate of drug-likeness (QED) is 0.868. The zero-order valence-electron chi connectivity index (χ0n) is 13.4. The first-order chi connectivity index (χ1) is 10.4. The molecule has 0 bridgehead atoms. The molecule has 7 nitrogen and oxygen atoms in total. The average molecular weight is 305 g/mol. The molecule has 1 aliphatic heterocycles. The van der Waals surface area contributed by atoms with Gasteiger partial charge in [0.15, 0.2) is 0 Å². The number of hydrogen-bond acceptors (Lipinski definition) is 5. The van der Waals surface area contributed by atoms with Gasteiger partial charge in [0.25, 0.3) is 0 Å². The van der Waals surface area contributed by atoms with Crippen LogP contribution in [0, 0.1) is 5.41 Å². The third-order valence-corrected chi connectivity index (χ3v) is 3.55. The monoisotopic (exact) mass is 305 g/mol. The van der Waals surface area contributed by atoms with Crippen molar-refractivity contribution in [3.05, 3.63) is 18.5 Å². The highest BCUT2D eigenvalue weighted by molar-refractivity contribution is 5.87. The van der Waals surface area contributed by atoms with Crippen LogP contribution in [0.4, 0.5) is 5.95 Å². The molecule has 1 aromatic rings. The van der Waals surface area contributed by atoms with Crippen LogP contribution in [0.5, 0.6) is 0 Å². The lowest BCUT2D eigenvalue weighted by molar-refractivity contribution is -0.135. The summed E-state index contributed by atoms with van der Waals surface area (Å²) < 4.78 is 0. The lowest BCUT2D eigenvalue weighted by atomic mass is 9.96. The molecule has 0 aliphatic carbocycles. The number of nitrogens with one attached hydrogen (secondary N) is 1. The Balaban J connectivity index is 1.79. The molecule has 0 unspecified atom stereocenters. The molecule has 0 saturated carbocycles. The number of carbonyl (C=O) groups is 2. The van der Waals surface area contributed by atoms with Crippen molar-refractivity contribution in [2.75, 3.05) is 37.6 Å². The van der Waals surface area contributed by atoms with E-state index in [1.807, 2.05) is 20.8 Å². The smallest absolute Gasteiger partial charge is 0.242 e. The predicted molar refractivity (Wildman–Crippen MR) is 83.3 cm³/mol. The van der Waals surface area contributed by atoms with Gasteiger partial charge in [-0.3, -0.25) is 9.59 Å². The summed E-state index contributed by atoms with van der Waals surface area (Å²) in [6.45, 7) is 8.15. The largest absolute Gasteiger partial charge is 0.347 e. The van der Waals surface area contributed by atoms with Crippen LogP contribution in [0.25, 0.3) is 0 Å². The van der Waals surface area contributed by atoms with Gasteiger partial charge in [0.2, 0.25) is 17.8 Å². The van der Waals surface area contributed by atoms with Crippen LogP contribution < -0.4 is 10.2 Å². The van der Waals surface area contributed by atoms with Crippen LogP contribution in [0.3, 0.4) is 0 Å². The van der Waals surface area contributed by atoms with Crippen molar-refractivity contribution in [2.45, 2.75) is 20.8 Å². The number of anilines is 1. The second-order valence-electron chi connectivity index (χ2n) is 6.35. The molecule has 0 aromatic carbocycles. The van der Waals surface area contributed by atoms with E-state index in [9.17, 15) is 9.59 Å². The average Bonchev–Trinajstić information content (AvgIpc) is 2.52. The normalized spacial score (nSPS) is 15.6. The fourth-order valence-corrected chi connectivity index (χ4v) is 2.14. The molecular formula is C15H23N5O2. The lowest BCUT2D eigenvalue weighted by Crippen LogP contribution is -2.52. The lowest BCUT2D eigenvalue weighted by Gasteiger charge is -2.34. The Hall–Kier alpha value is -2.18. The summed E-state index contributed by atoms with van der Waals surface area (Å²) in [7, 11) is 0. The third kappa shape index (κ3) is 4.16. The van der Waals surface area contributed by atoms with Crippen molar-refractivity contribution in [2.24, 2.45) is 5.41 Å². The van der Waals surface area contributed by atoms with Crippen LogP contribution in [0.15, 0.2) is 18.5 Å². The molecule has 1 saturated heterocycles. The van der Waals surface area contributed by atoms with Crippen LogP contribution in [-0.4, -0.2) is 59.4 Å². The molecule has 1 aromatic heterocycles. The molecule has 0 radical (unpaired) electrons. The number of carbonyl (C=O) groups excluding carboxylic acids is 2. The minimum absolute atomic E-state index is 0.0498. The molecule has 7 heteroatoms. The summed E-state index contributed by atoms with van der Waals surface area (Å²) >= 11 is 0. The summed E-state index contributed by atoms with van der Waals surface area (Å²) in [5, 5.41) is 2.69. The number of nitrogens with zero attached hydrogens (tertiary/aromatic N) is 4. The second-order valence-corrected chi connectivity index (χ2v) is 6.35. The van der Waals surface area contributed by atoms with E-state index in [4.69, 9.17) is 0 Å². The predicted octanol–water partition coefficient (Wildman–Crippen LogP) is 0.288. The summed E-state index contributed by atoms with van der Waals surface area (Å²) in [5.74, 6) is 0.527. The fraction of sp³-hybridized carbons (Fsp3) is 0.600. The maximum atomic E-state index is 12.1. The molecular weight excluding hydrogens is 282 g/mol. The van der Waals surface area contributed by atoms with E-state index in [1.54, 1.807) is 23.4 Å². The first-order valence-corrected chi connectivity index (χ1v) is 7.46. The van der Waals surface area contributed by atoms with E-state index in [2.05, 4.69) is 20.2 Å². The second kappa shape index (κ2) is 6.72. The topological polar surface area (TPSA) is 78.4 Å². The zero-order chi connectivity index (χ0) is 16.2. The fourth-order valence-electron chi connectivity index (χ4n) is 2.14. The van der Waals surface area contributed by atoms with Crippen LogP contribution in [-0.2, 0) is 9.59 Å². The van der Waals surface area contributed by atoms with Gasteiger partial charge >= 0.3 is 0 Å². The first-order valence-electron chi connectivity index (χ1n) is 7.46. The van der Waals surface area contributed by atoms with Gasteiger partial charge in [-0.15, -0.1) is 0 Å². The molecule has 1 N–H and O–H groups in total. The standard InChI is InChI=1S/C15H23N5O2/c1-15(2,3)13(22)18-11-12(21)19-7-9-20(10-8-19)14-16-5-4-6-17-14/h4-6H,7-11H2,1-3H3,(H,18,22). The highest BCUT2D eigenvalue weighted by Gasteiger charge is 2.25. The highest BCUT2D eigenvalue weighted by Crippen LogP contribution is 2.12. The first kappa shape index (κ1) is 16.2. The van der Waals surface area contributed by atoms with Crippen LogP contribution >= 0.6 is 0 Å². The van der Waals surface area contributed by atoms with Gasteiger partial charge in [-0.05, 0) is 6.07 Å². The summed E-state index contributed by atoms with van der Waals surface area (Å²) in [5.41, 5.74) is -0.483. The van der Waals surface area contributed by atoms with Crippen molar-refractivity contribution in [3.8, 4) is 0 Å². The van der Waals surface area contributed by atoms with Gasteiger partial charge in [0, 0.05) is 44.0 Å². The van der Waals surface area contributed by atoms with Gasteiger partial charge in [-0.2, -0.15) is 0 Å².